The summed E-state index contributed by atoms with van der Waals surface area (Å²) in [5.41, 5.74) is 4.09. The monoisotopic (exact) mass is 281 g/mol. The molecule has 0 saturated heterocycles. The molecule has 0 unspecified atom stereocenters. The van der Waals surface area contributed by atoms with Crippen LogP contribution in [0.1, 0.15) is 55.3 Å². The molecule has 0 amide bonds. The molecule has 3 rings (SSSR count). The lowest BCUT2D eigenvalue weighted by Crippen LogP contribution is -2.13. The lowest BCUT2D eigenvalue weighted by atomic mass is 9.82. The summed E-state index contributed by atoms with van der Waals surface area (Å²) < 4.78 is 5.44. The molecule has 0 fully saturated rings. The van der Waals surface area contributed by atoms with Crippen molar-refractivity contribution >= 4 is 0 Å². The highest BCUT2D eigenvalue weighted by molar-refractivity contribution is 5.48. The van der Waals surface area contributed by atoms with Gasteiger partial charge in [0.15, 0.2) is 0 Å². The first-order chi connectivity index (χ1) is 10.3. The van der Waals surface area contributed by atoms with Gasteiger partial charge in [0, 0.05) is 17.8 Å². The Labute approximate surface area is 127 Å². The molecule has 0 aliphatic heterocycles. The number of fused-ring (bicyclic) bond motifs is 1. The number of methoxy groups -OCH3 is 1. The molecule has 1 aliphatic carbocycles. The van der Waals surface area contributed by atoms with Crippen molar-refractivity contribution in [3.8, 4) is 5.75 Å². The SMILES string of the molecule is CC[C@@H]1[C@@H](c2ccccn2)c2cc(OC)ccc2[C@H]1CC. The highest BCUT2D eigenvalue weighted by Crippen LogP contribution is 2.52. The van der Waals surface area contributed by atoms with E-state index in [1.165, 1.54) is 29.7 Å². The zero-order valence-corrected chi connectivity index (χ0v) is 13.0. The van der Waals surface area contributed by atoms with Gasteiger partial charge in [0.05, 0.1) is 7.11 Å². The average molecular weight is 281 g/mol. The number of nitrogens with zero attached hydrogens (tertiary/aromatic N) is 1. The van der Waals surface area contributed by atoms with Crippen molar-refractivity contribution in [3.63, 3.8) is 0 Å². The van der Waals surface area contributed by atoms with Gasteiger partial charge in [-0.2, -0.15) is 0 Å². The van der Waals surface area contributed by atoms with Gasteiger partial charge in [-0.15, -0.1) is 0 Å². The number of benzene rings is 1. The van der Waals surface area contributed by atoms with E-state index in [1.54, 1.807) is 7.11 Å². The van der Waals surface area contributed by atoms with E-state index in [-0.39, 0.29) is 0 Å². The van der Waals surface area contributed by atoms with Crippen molar-refractivity contribution < 1.29 is 4.74 Å². The number of aromatic nitrogens is 1. The van der Waals surface area contributed by atoms with E-state index in [4.69, 9.17) is 4.74 Å². The standard InChI is InChI=1S/C19H23NO/c1-4-14-15(5-2)19(18-8-6-7-11-20-18)17-12-13(21-3)9-10-16(14)17/h6-12,14-15,19H,4-5H2,1-3H3/t14-,15-,19+/m0/s1. The van der Waals surface area contributed by atoms with E-state index < -0.39 is 0 Å². The van der Waals surface area contributed by atoms with Gasteiger partial charge in [-0.05, 0) is 53.6 Å². The topological polar surface area (TPSA) is 22.1 Å². The summed E-state index contributed by atoms with van der Waals surface area (Å²) in [6.45, 7) is 4.59. The van der Waals surface area contributed by atoms with Crippen LogP contribution in [0.25, 0.3) is 0 Å². The Balaban J connectivity index is 2.14. The maximum atomic E-state index is 5.44. The van der Waals surface area contributed by atoms with E-state index >= 15 is 0 Å². The molecule has 1 aromatic heterocycles. The molecule has 2 nitrogen and oxygen atoms in total. The molecule has 2 heteroatoms. The zero-order valence-electron chi connectivity index (χ0n) is 13.0. The Hall–Kier alpha value is -1.83. The molecule has 0 spiro atoms. The van der Waals surface area contributed by atoms with E-state index in [0.717, 1.165) is 5.75 Å². The molecule has 0 saturated carbocycles. The minimum absolute atomic E-state index is 0.395. The smallest absolute Gasteiger partial charge is 0.119 e. The second-order valence-electron chi connectivity index (χ2n) is 5.81. The third-order valence-electron chi connectivity index (χ3n) is 4.89. The molecule has 1 aromatic carbocycles. The second kappa shape index (κ2) is 5.88. The van der Waals surface area contributed by atoms with Crippen molar-refractivity contribution in [1.82, 2.24) is 4.98 Å². The molecule has 2 aromatic rings. The van der Waals surface area contributed by atoms with Gasteiger partial charge in [-0.3, -0.25) is 4.98 Å². The molecule has 1 heterocycles. The summed E-state index contributed by atoms with van der Waals surface area (Å²) in [6.07, 6.45) is 4.26. The Kier molecular flexibility index (Phi) is 3.96. The molecule has 110 valence electrons. The third-order valence-corrected chi connectivity index (χ3v) is 4.89. The van der Waals surface area contributed by atoms with Crippen molar-refractivity contribution in [2.24, 2.45) is 5.92 Å². The predicted octanol–water partition coefficient (Wildman–Crippen LogP) is 4.76. The Morgan fingerprint density at radius 1 is 1.05 bits per heavy atom. The van der Waals surface area contributed by atoms with Gasteiger partial charge in [-0.1, -0.05) is 32.4 Å². The van der Waals surface area contributed by atoms with Crippen molar-refractivity contribution in [1.29, 1.82) is 0 Å². The minimum atomic E-state index is 0.395. The molecule has 0 bridgehead atoms. The predicted molar refractivity (Wildman–Crippen MR) is 85.9 cm³/mol. The first kappa shape index (κ1) is 14.1. The third kappa shape index (κ3) is 2.33. The average Bonchev–Trinajstić information content (AvgIpc) is 2.87. The van der Waals surface area contributed by atoms with Gasteiger partial charge < -0.3 is 4.74 Å². The highest BCUT2D eigenvalue weighted by Gasteiger charge is 2.40. The lowest BCUT2D eigenvalue weighted by Gasteiger charge is -2.23. The van der Waals surface area contributed by atoms with Crippen LogP contribution in [0.5, 0.6) is 5.75 Å². The van der Waals surface area contributed by atoms with Gasteiger partial charge in [-0.25, -0.2) is 0 Å². The molecular weight excluding hydrogens is 258 g/mol. The van der Waals surface area contributed by atoms with Crippen molar-refractivity contribution in [2.75, 3.05) is 7.11 Å². The van der Waals surface area contributed by atoms with Gasteiger partial charge in [0.25, 0.3) is 0 Å². The summed E-state index contributed by atoms with van der Waals surface area (Å²) >= 11 is 0. The van der Waals surface area contributed by atoms with E-state index in [1.807, 2.05) is 12.3 Å². The van der Waals surface area contributed by atoms with E-state index in [2.05, 4.69) is 49.2 Å². The maximum absolute atomic E-state index is 5.44. The summed E-state index contributed by atoms with van der Waals surface area (Å²) in [4.78, 5) is 4.64. The largest absolute Gasteiger partial charge is 0.497 e. The normalized spacial score (nSPS) is 23.9. The first-order valence-corrected chi connectivity index (χ1v) is 7.88. The number of pyridine rings is 1. The van der Waals surface area contributed by atoms with Crippen LogP contribution in [0, 0.1) is 5.92 Å². The Morgan fingerprint density at radius 3 is 2.52 bits per heavy atom. The fourth-order valence-corrected chi connectivity index (χ4v) is 3.96. The van der Waals surface area contributed by atoms with Gasteiger partial charge in [0.2, 0.25) is 0 Å². The second-order valence-corrected chi connectivity index (χ2v) is 5.81. The number of rotatable bonds is 4. The van der Waals surface area contributed by atoms with Crippen LogP contribution >= 0.6 is 0 Å². The quantitative estimate of drug-likeness (QED) is 0.806. The Morgan fingerprint density at radius 2 is 1.90 bits per heavy atom. The number of hydrogen-bond acceptors (Lipinski definition) is 2. The number of ether oxygens (including phenoxy) is 1. The van der Waals surface area contributed by atoms with E-state index in [0.29, 0.717) is 17.8 Å². The van der Waals surface area contributed by atoms with Crippen LogP contribution in [0.3, 0.4) is 0 Å². The summed E-state index contributed by atoms with van der Waals surface area (Å²) in [7, 11) is 1.74. The molecular formula is C19H23NO. The van der Waals surface area contributed by atoms with Crippen LogP contribution in [0.15, 0.2) is 42.6 Å². The Bertz CT molecular complexity index is 608. The first-order valence-electron chi connectivity index (χ1n) is 7.88. The highest BCUT2D eigenvalue weighted by atomic mass is 16.5. The van der Waals surface area contributed by atoms with Crippen LogP contribution < -0.4 is 4.74 Å². The van der Waals surface area contributed by atoms with Crippen molar-refractivity contribution in [2.45, 2.75) is 38.5 Å². The van der Waals surface area contributed by atoms with Gasteiger partial charge in [0.1, 0.15) is 5.75 Å². The van der Waals surface area contributed by atoms with Crippen LogP contribution in [-0.2, 0) is 0 Å². The maximum Gasteiger partial charge on any atom is 0.119 e. The lowest BCUT2D eigenvalue weighted by molar-refractivity contribution is 0.393. The van der Waals surface area contributed by atoms with Gasteiger partial charge >= 0.3 is 0 Å². The summed E-state index contributed by atoms with van der Waals surface area (Å²) in [5, 5.41) is 0. The van der Waals surface area contributed by atoms with Crippen molar-refractivity contribution in [3.05, 3.63) is 59.4 Å². The van der Waals surface area contributed by atoms with E-state index in [9.17, 15) is 0 Å². The molecule has 3 atom stereocenters. The summed E-state index contributed by atoms with van der Waals surface area (Å²) in [5.74, 6) is 2.60. The molecule has 0 radical (unpaired) electrons. The van der Waals surface area contributed by atoms with Crippen LogP contribution in [0.4, 0.5) is 0 Å². The fourth-order valence-electron chi connectivity index (χ4n) is 3.96. The molecule has 21 heavy (non-hydrogen) atoms. The zero-order chi connectivity index (χ0) is 14.8. The number of hydrogen-bond donors (Lipinski definition) is 0. The molecule has 1 aliphatic rings. The van der Waals surface area contributed by atoms with Crippen LogP contribution in [-0.4, -0.2) is 12.1 Å². The summed E-state index contributed by atoms with van der Waals surface area (Å²) in [6, 6.07) is 12.8. The molecule has 0 N–H and O–H groups in total. The van der Waals surface area contributed by atoms with Crippen LogP contribution in [0.2, 0.25) is 0 Å². The minimum Gasteiger partial charge on any atom is -0.497 e. The fraction of sp³-hybridized carbons (Fsp3) is 0.421.